The predicted octanol–water partition coefficient (Wildman–Crippen LogP) is 3.14. The van der Waals surface area contributed by atoms with E-state index in [2.05, 4.69) is 30.7 Å². The van der Waals surface area contributed by atoms with Gasteiger partial charge in [0.15, 0.2) is 0 Å². The van der Waals surface area contributed by atoms with Gasteiger partial charge in [0, 0.05) is 6.54 Å². The van der Waals surface area contributed by atoms with Gasteiger partial charge in [0.2, 0.25) is 10.0 Å². The molecule has 0 saturated heterocycles. The number of benzene rings is 2. The van der Waals surface area contributed by atoms with Crippen molar-refractivity contribution in [2.24, 2.45) is 0 Å². The molecule has 0 heterocycles. The van der Waals surface area contributed by atoms with Gasteiger partial charge in [0.1, 0.15) is 10.6 Å². The summed E-state index contributed by atoms with van der Waals surface area (Å²) in [6.45, 7) is 4.97. The minimum atomic E-state index is -3.59. The molecule has 0 aliphatic carbocycles. The first-order valence-corrected chi connectivity index (χ1v) is 10.0. The maximum absolute atomic E-state index is 12.2. The number of anilines is 1. The highest BCUT2D eigenvalue weighted by atomic mass is 32.2. The second-order valence-electron chi connectivity index (χ2n) is 5.79. The Bertz CT molecular complexity index is 804. The molecule has 0 fully saturated rings. The topological polar surface area (TPSA) is 81.4 Å². The second kappa shape index (κ2) is 8.87. The smallest absolute Gasteiger partial charge is 0.242 e. The van der Waals surface area contributed by atoms with E-state index in [9.17, 15) is 8.42 Å². The van der Waals surface area contributed by atoms with Crippen molar-refractivity contribution in [2.75, 3.05) is 18.9 Å². The minimum Gasteiger partial charge on any atom is -0.493 e. The fourth-order valence-electron chi connectivity index (χ4n) is 2.53. The van der Waals surface area contributed by atoms with Crippen LogP contribution < -0.4 is 15.2 Å². The third-order valence-electron chi connectivity index (χ3n) is 3.99. The maximum Gasteiger partial charge on any atom is 0.242 e. The number of nitrogens with two attached hydrogens (primary N) is 1. The van der Waals surface area contributed by atoms with Crippen LogP contribution in [0, 0.1) is 0 Å². The zero-order valence-electron chi connectivity index (χ0n) is 14.8. The van der Waals surface area contributed by atoms with Gasteiger partial charge in [0.25, 0.3) is 0 Å². The Labute approximate surface area is 150 Å². The third kappa shape index (κ3) is 5.21. The van der Waals surface area contributed by atoms with Crippen molar-refractivity contribution in [3.63, 3.8) is 0 Å². The number of nitrogen functional groups attached to an aromatic ring is 1. The first kappa shape index (κ1) is 19.3. The molecule has 2 aromatic carbocycles. The van der Waals surface area contributed by atoms with E-state index in [4.69, 9.17) is 10.5 Å². The lowest BCUT2D eigenvalue weighted by molar-refractivity contribution is 0.308. The fourth-order valence-corrected chi connectivity index (χ4v) is 3.74. The second-order valence-corrected chi connectivity index (χ2v) is 7.52. The molecule has 0 atom stereocenters. The van der Waals surface area contributed by atoms with Crippen LogP contribution in [0.15, 0.2) is 47.4 Å². The van der Waals surface area contributed by atoms with Gasteiger partial charge in [-0.2, -0.15) is 0 Å². The molecule has 0 unspecified atom stereocenters. The van der Waals surface area contributed by atoms with Crippen molar-refractivity contribution in [1.29, 1.82) is 0 Å². The number of ether oxygens (including phenoxy) is 1. The zero-order valence-corrected chi connectivity index (χ0v) is 15.6. The van der Waals surface area contributed by atoms with Gasteiger partial charge in [-0.3, -0.25) is 0 Å². The van der Waals surface area contributed by atoms with Crippen LogP contribution in [0.2, 0.25) is 0 Å². The molecule has 0 aliphatic heterocycles. The largest absolute Gasteiger partial charge is 0.493 e. The van der Waals surface area contributed by atoms with Gasteiger partial charge in [-0.1, -0.05) is 38.1 Å². The van der Waals surface area contributed by atoms with Crippen LogP contribution in [0.1, 0.15) is 31.4 Å². The van der Waals surface area contributed by atoms with Crippen LogP contribution >= 0.6 is 0 Å². The number of hydrogen-bond acceptors (Lipinski definition) is 4. The van der Waals surface area contributed by atoms with E-state index in [0.29, 0.717) is 19.6 Å². The molecule has 25 heavy (non-hydrogen) atoms. The molecule has 0 radical (unpaired) electrons. The van der Waals surface area contributed by atoms with Gasteiger partial charge in [-0.15, -0.1) is 0 Å². The van der Waals surface area contributed by atoms with E-state index in [1.54, 1.807) is 18.2 Å². The molecule has 0 bridgehead atoms. The van der Waals surface area contributed by atoms with Crippen molar-refractivity contribution < 1.29 is 13.2 Å². The predicted molar refractivity (Wildman–Crippen MR) is 101 cm³/mol. The van der Waals surface area contributed by atoms with E-state index in [1.807, 2.05) is 6.07 Å². The molecule has 136 valence electrons. The molecule has 6 heteroatoms. The fraction of sp³-hybridized carbons (Fsp3) is 0.368. The molecule has 2 rings (SSSR count). The van der Waals surface area contributed by atoms with Crippen LogP contribution in [0.4, 0.5) is 5.69 Å². The van der Waals surface area contributed by atoms with Crippen LogP contribution in [0.5, 0.6) is 5.75 Å². The molecule has 3 N–H and O–H groups in total. The Morgan fingerprint density at radius 2 is 1.84 bits per heavy atom. The molecule has 5 nitrogen and oxygen atoms in total. The van der Waals surface area contributed by atoms with Crippen LogP contribution in [0.25, 0.3) is 0 Å². The molecule has 0 saturated carbocycles. The number of nitrogens with one attached hydrogen (secondary N) is 1. The summed E-state index contributed by atoms with van der Waals surface area (Å²) in [7, 11) is -3.59. The highest BCUT2D eigenvalue weighted by molar-refractivity contribution is 7.89. The van der Waals surface area contributed by atoms with Crippen LogP contribution in [-0.4, -0.2) is 21.6 Å². The van der Waals surface area contributed by atoms with Gasteiger partial charge in [-0.25, -0.2) is 13.1 Å². The maximum atomic E-state index is 12.2. The number of hydrogen-bond donors (Lipinski definition) is 2. The zero-order chi connectivity index (χ0) is 18.3. The summed E-state index contributed by atoms with van der Waals surface area (Å²) >= 11 is 0. The highest BCUT2D eigenvalue weighted by Crippen LogP contribution is 2.21. The average molecular weight is 362 g/mol. The summed E-state index contributed by atoms with van der Waals surface area (Å²) in [5, 5.41) is 0. The minimum absolute atomic E-state index is 0.111. The van der Waals surface area contributed by atoms with Crippen molar-refractivity contribution in [2.45, 2.75) is 38.0 Å². The van der Waals surface area contributed by atoms with Gasteiger partial charge < -0.3 is 10.5 Å². The molecule has 0 amide bonds. The van der Waals surface area contributed by atoms with Crippen LogP contribution in [0.3, 0.4) is 0 Å². The normalized spacial score (nSPS) is 11.4. The SMILES string of the molecule is CCc1ccc(OCCCNS(=O)(=O)c2ccccc2N)c(CC)c1. The number of sulfonamides is 1. The molecular formula is C19H26N2O3S. The summed E-state index contributed by atoms with van der Waals surface area (Å²) < 4.78 is 32.8. The number of rotatable bonds is 9. The van der Waals surface area contributed by atoms with Gasteiger partial charge in [-0.05, 0) is 48.6 Å². The summed E-state index contributed by atoms with van der Waals surface area (Å²) in [4.78, 5) is 0.111. The van der Waals surface area contributed by atoms with Gasteiger partial charge >= 0.3 is 0 Å². The Morgan fingerprint density at radius 1 is 1.08 bits per heavy atom. The molecule has 0 spiro atoms. The number of para-hydroxylation sites is 1. The molecule has 0 aliphatic rings. The lowest BCUT2D eigenvalue weighted by Gasteiger charge is -2.12. The van der Waals surface area contributed by atoms with E-state index in [1.165, 1.54) is 17.2 Å². The van der Waals surface area contributed by atoms with E-state index in [0.717, 1.165) is 18.6 Å². The third-order valence-corrected chi connectivity index (χ3v) is 5.53. The first-order valence-electron chi connectivity index (χ1n) is 8.56. The van der Waals surface area contributed by atoms with Crippen LogP contribution in [-0.2, 0) is 22.9 Å². The number of aryl methyl sites for hydroxylation is 2. The lowest BCUT2D eigenvalue weighted by atomic mass is 10.1. The Hall–Kier alpha value is -2.05. The average Bonchev–Trinajstić information content (AvgIpc) is 2.61. The quantitative estimate of drug-likeness (QED) is 0.530. The highest BCUT2D eigenvalue weighted by Gasteiger charge is 2.15. The van der Waals surface area contributed by atoms with E-state index in [-0.39, 0.29) is 10.6 Å². The standard InChI is InChI=1S/C19H26N2O3S/c1-3-15-10-11-18(16(4-2)14-15)24-13-7-12-21-25(22,23)19-9-6-5-8-17(19)20/h5-6,8-11,14,21H,3-4,7,12-13,20H2,1-2H3. The van der Waals surface area contributed by atoms with E-state index < -0.39 is 10.0 Å². The van der Waals surface area contributed by atoms with Crippen molar-refractivity contribution in [1.82, 2.24) is 4.72 Å². The monoisotopic (exact) mass is 362 g/mol. The Balaban J connectivity index is 1.85. The van der Waals surface area contributed by atoms with Crippen molar-refractivity contribution in [3.8, 4) is 5.75 Å². The van der Waals surface area contributed by atoms with Crippen molar-refractivity contribution >= 4 is 15.7 Å². The summed E-state index contributed by atoms with van der Waals surface area (Å²) in [6, 6.07) is 12.6. The lowest BCUT2D eigenvalue weighted by Crippen LogP contribution is -2.26. The summed E-state index contributed by atoms with van der Waals surface area (Å²) in [5.41, 5.74) is 8.44. The van der Waals surface area contributed by atoms with Crippen molar-refractivity contribution in [3.05, 3.63) is 53.6 Å². The molecule has 0 aromatic heterocycles. The molecule has 2 aromatic rings. The Morgan fingerprint density at radius 3 is 2.52 bits per heavy atom. The summed E-state index contributed by atoms with van der Waals surface area (Å²) in [5.74, 6) is 0.870. The Kier molecular flexibility index (Phi) is 6.84. The summed E-state index contributed by atoms with van der Waals surface area (Å²) in [6.07, 6.45) is 2.48. The first-order chi connectivity index (χ1) is 12.0. The van der Waals surface area contributed by atoms with Gasteiger partial charge in [0.05, 0.1) is 12.3 Å². The van der Waals surface area contributed by atoms with E-state index >= 15 is 0 Å². The molecular weight excluding hydrogens is 336 g/mol.